The predicted octanol–water partition coefficient (Wildman–Crippen LogP) is 5.63. The Kier molecular flexibility index (Phi) is 14.1. The maximum absolute atomic E-state index is 14.4. The number of hydrogen-bond donors (Lipinski definition) is 5. The van der Waals surface area contributed by atoms with Crippen LogP contribution in [0.15, 0.2) is 60.1 Å². The van der Waals surface area contributed by atoms with Crippen LogP contribution in [0.2, 0.25) is 0 Å². The van der Waals surface area contributed by atoms with Gasteiger partial charge in [-0.15, -0.1) is 21.5 Å². The second-order valence-corrected chi connectivity index (χ2v) is 24.5. The number of aromatic hydroxyl groups is 1. The number of carbonyl (C=O) groups is 4. The number of para-hydroxylation sites is 1. The number of aliphatic hydroxyl groups excluding tert-OH is 1. The van der Waals surface area contributed by atoms with Crippen LogP contribution >= 0.6 is 11.3 Å². The number of nitrogens with one attached hydrogen (secondary N) is 3. The zero-order valence-electron chi connectivity index (χ0n) is 43.8. The topological polar surface area (TPSA) is 209 Å². The highest BCUT2D eigenvalue weighted by molar-refractivity contribution is 7.13. The summed E-state index contributed by atoms with van der Waals surface area (Å²) in [5.74, 6) is -0.0819. The molecule has 0 radical (unpaired) electrons. The third-order valence-corrected chi connectivity index (χ3v) is 18.7. The van der Waals surface area contributed by atoms with Crippen molar-refractivity contribution in [2.75, 3.05) is 75.7 Å². The lowest BCUT2D eigenvalue weighted by molar-refractivity contribution is -0.146. The lowest BCUT2D eigenvalue weighted by Gasteiger charge is -2.57. The first-order valence-electron chi connectivity index (χ1n) is 27.2. The minimum absolute atomic E-state index is 0.0365. The minimum atomic E-state index is -0.856. The molecule has 0 bridgehead atoms. The molecule has 2 saturated carbocycles. The Labute approximate surface area is 443 Å². The first-order valence-corrected chi connectivity index (χ1v) is 28.1. The van der Waals surface area contributed by atoms with E-state index in [9.17, 15) is 29.4 Å². The Morgan fingerprint density at radius 3 is 2.39 bits per heavy atom. The number of hydrogen-bond acceptors (Lipinski definition) is 14. The number of phenolic OH excluding ortho intramolecular Hbond substituents is 1. The number of morpholine rings is 1. The van der Waals surface area contributed by atoms with Crippen LogP contribution in [0, 0.1) is 23.7 Å². The van der Waals surface area contributed by atoms with Crippen molar-refractivity contribution in [3.05, 3.63) is 71.4 Å². The van der Waals surface area contributed by atoms with Crippen LogP contribution < -0.4 is 20.9 Å². The molecule has 4 saturated heterocycles. The lowest BCUT2D eigenvalue weighted by Crippen LogP contribution is -2.64. The van der Waals surface area contributed by atoms with E-state index in [1.54, 1.807) is 23.5 Å². The molecule has 19 heteroatoms. The van der Waals surface area contributed by atoms with E-state index in [1.807, 2.05) is 85.5 Å². The summed E-state index contributed by atoms with van der Waals surface area (Å²) < 4.78 is 6.55. The molecule has 11 rings (SSSR count). The summed E-state index contributed by atoms with van der Waals surface area (Å²) in [6.07, 6.45) is 6.83. The molecule has 5 N–H and O–H groups in total. The van der Waals surface area contributed by atoms with Gasteiger partial charge >= 0.3 is 6.03 Å². The largest absolute Gasteiger partial charge is 0.507 e. The quantitative estimate of drug-likeness (QED) is 0.138. The van der Waals surface area contributed by atoms with Crippen molar-refractivity contribution in [3.8, 4) is 27.4 Å². The van der Waals surface area contributed by atoms with E-state index in [0.717, 1.165) is 97.7 Å². The predicted molar refractivity (Wildman–Crippen MR) is 286 cm³/mol. The van der Waals surface area contributed by atoms with Crippen molar-refractivity contribution in [2.24, 2.45) is 16.7 Å². The van der Waals surface area contributed by atoms with Gasteiger partial charge in [0.25, 0.3) is 0 Å². The Morgan fingerprint density at radius 2 is 1.67 bits per heavy atom. The number of piperidine rings is 1. The summed E-state index contributed by atoms with van der Waals surface area (Å²) >= 11 is 1.59. The third kappa shape index (κ3) is 10.4. The van der Waals surface area contributed by atoms with Crippen LogP contribution in [-0.4, -0.2) is 170 Å². The number of thiazole rings is 1. The van der Waals surface area contributed by atoms with E-state index < -0.39 is 23.6 Å². The van der Waals surface area contributed by atoms with Gasteiger partial charge < -0.3 is 55.4 Å². The number of amides is 5. The fourth-order valence-electron chi connectivity index (χ4n) is 13.2. The van der Waals surface area contributed by atoms with Gasteiger partial charge in [-0.1, -0.05) is 57.2 Å². The van der Waals surface area contributed by atoms with Crippen LogP contribution in [0.4, 0.5) is 16.3 Å². The van der Waals surface area contributed by atoms with Crippen LogP contribution in [-0.2, 0) is 25.7 Å². The van der Waals surface area contributed by atoms with Crippen molar-refractivity contribution < 1.29 is 34.1 Å². The van der Waals surface area contributed by atoms with E-state index >= 15 is 0 Å². The maximum Gasteiger partial charge on any atom is 0.320 e. The number of β-amino-alcohol motifs (C(OH)–C–C–N with tert-alkyl or cyclic N) is 1. The van der Waals surface area contributed by atoms with Gasteiger partial charge in [-0.2, -0.15) is 0 Å². The van der Waals surface area contributed by atoms with Crippen molar-refractivity contribution in [3.63, 3.8) is 0 Å². The van der Waals surface area contributed by atoms with Crippen LogP contribution in [0.25, 0.3) is 21.7 Å². The van der Waals surface area contributed by atoms with E-state index in [0.29, 0.717) is 63.2 Å². The van der Waals surface area contributed by atoms with Gasteiger partial charge in [-0.05, 0) is 98.4 Å². The van der Waals surface area contributed by atoms with Gasteiger partial charge in [0.15, 0.2) is 5.82 Å². The Hall–Kier alpha value is -5.89. The third-order valence-electron chi connectivity index (χ3n) is 17.7. The molecule has 0 unspecified atom stereocenters. The molecular weight excluding hydrogens is 971 g/mol. The van der Waals surface area contributed by atoms with Crippen molar-refractivity contribution in [1.29, 1.82) is 0 Å². The Bertz CT molecular complexity index is 2760. The molecule has 5 amide bonds. The lowest BCUT2D eigenvalue weighted by atomic mass is 9.56. The first kappa shape index (κ1) is 51.2. The number of phenols is 1. The summed E-state index contributed by atoms with van der Waals surface area (Å²) in [4.78, 5) is 72.2. The van der Waals surface area contributed by atoms with Gasteiger partial charge in [0, 0.05) is 82.8 Å². The molecule has 4 aromatic rings. The number of aryl methyl sites for hydroxylation is 1. The highest BCUT2D eigenvalue weighted by atomic mass is 32.1. The van der Waals surface area contributed by atoms with Gasteiger partial charge in [0.2, 0.25) is 17.7 Å². The molecule has 7 heterocycles. The van der Waals surface area contributed by atoms with E-state index in [4.69, 9.17) is 4.74 Å². The van der Waals surface area contributed by atoms with Crippen LogP contribution in [0.3, 0.4) is 0 Å². The smallest absolute Gasteiger partial charge is 0.320 e. The highest BCUT2D eigenvalue weighted by Crippen LogP contribution is 2.55. The van der Waals surface area contributed by atoms with Gasteiger partial charge in [-0.25, -0.2) is 9.78 Å². The molecule has 2 spiro atoms. The zero-order valence-corrected chi connectivity index (χ0v) is 44.6. The number of urea groups is 1. The molecule has 2 aliphatic carbocycles. The first-order chi connectivity index (χ1) is 36.0. The molecule has 18 nitrogen and oxygen atoms in total. The second kappa shape index (κ2) is 20.6. The normalized spacial score (nSPS) is 27.0. The number of likely N-dealkylation sites (tertiary alicyclic amines) is 2. The van der Waals surface area contributed by atoms with E-state index in [1.165, 1.54) is 4.90 Å². The number of carbonyl (C=O) groups excluding carboxylic acids is 4. The molecule has 2 aromatic carbocycles. The number of anilines is 2. The second-order valence-electron chi connectivity index (χ2n) is 23.6. The Morgan fingerprint density at radius 1 is 0.907 bits per heavy atom. The Balaban J connectivity index is 0.628. The number of piperazine rings is 1. The number of aliphatic hydroxyl groups is 1. The number of fused-ring (bicyclic) bond motifs is 3. The van der Waals surface area contributed by atoms with Crippen LogP contribution in [0.1, 0.15) is 89.8 Å². The van der Waals surface area contributed by atoms with Crippen LogP contribution in [0.5, 0.6) is 5.75 Å². The number of rotatable bonds is 9. The van der Waals surface area contributed by atoms with Gasteiger partial charge in [0.1, 0.15) is 17.8 Å². The summed E-state index contributed by atoms with van der Waals surface area (Å²) in [5, 5.41) is 39.6. The summed E-state index contributed by atoms with van der Waals surface area (Å²) in [6, 6.07) is 16.1. The average molecular weight is 1040 g/mol. The number of aromatic nitrogens is 3. The maximum atomic E-state index is 14.4. The van der Waals surface area contributed by atoms with Crippen molar-refractivity contribution in [1.82, 2.24) is 45.4 Å². The van der Waals surface area contributed by atoms with E-state index in [-0.39, 0.29) is 72.0 Å². The number of benzene rings is 2. The zero-order chi connectivity index (χ0) is 52.2. The average Bonchev–Trinajstić information content (AvgIpc) is 4.04. The fraction of sp³-hybridized carbons (Fsp3) is 0.589. The van der Waals surface area contributed by atoms with Crippen molar-refractivity contribution >= 4 is 46.6 Å². The van der Waals surface area contributed by atoms with Gasteiger partial charge in [0.05, 0.1) is 58.4 Å². The summed E-state index contributed by atoms with van der Waals surface area (Å²) in [6.45, 7) is 14.2. The monoisotopic (exact) mass is 1040 g/mol. The fourth-order valence-corrected chi connectivity index (χ4v) is 14.0. The van der Waals surface area contributed by atoms with Gasteiger partial charge in [-0.3, -0.25) is 14.4 Å². The summed E-state index contributed by atoms with van der Waals surface area (Å²) in [5.41, 5.74) is 6.24. The molecule has 7 aliphatic rings. The summed E-state index contributed by atoms with van der Waals surface area (Å²) in [7, 11) is 0. The SMILES string of the molecule is Cc1ncsc1-c1ccc(CNC(=O)[C@@H]2C[C@@H](O)CN2C(=O)[C@@H](NC(=O)C2CCC3(CC2)CC(N2CCC4(CC2)CN(C(=O)N2CCN5c6cc(-c7ccccc7O)nnc6NC[C@H]5C2)CCO4)C3)C(C)(C)C)cc1. The molecule has 5 aliphatic heterocycles. The highest BCUT2D eigenvalue weighted by Gasteiger charge is 2.52. The standard InChI is InChI=1S/C56H73N11O7S/c1-35-47(75-34-59-35)37-11-9-36(10-12-37)29-58-51(71)45-25-41(68)32-67(45)52(72)48(54(2,3)4)60-50(70)38-13-15-55(16-14-38)27-39(28-55)63-19-17-56(18-20-63)33-65(23-24-74-56)53(73)64-21-22-66-40(31-64)30-57-49-44(66)26-43(61-62-49)42-7-5-6-8-46(42)69/h5-12,26,34,38-41,45,48,68-69H,13-25,27-33H2,1-4H3,(H,57,62)(H,58,71)(H,60,70)/t38?,39?,40-,41+,45-,48+,55?/m0/s1. The molecule has 75 heavy (non-hydrogen) atoms. The van der Waals surface area contributed by atoms with E-state index in [2.05, 4.69) is 40.9 Å². The minimum Gasteiger partial charge on any atom is -0.507 e. The van der Waals surface area contributed by atoms with Crippen molar-refractivity contribution in [2.45, 2.75) is 128 Å². The molecule has 400 valence electrons. The number of nitrogens with zero attached hydrogens (tertiary/aromatic N) is 8. The molecule has 6 fully saturated rings. The molecule has 2 aromatic heterocycles. The number of ether oxygens (including phenoxy) is 1. The molecule has 4 atom stereocenters. The molecular formula is C56H73N11O7S.